The number of unbranched alkanes of at least 4 members (excludes halogenated alkanes) is 3. The van der Waals surface area contributed by atoms with Crippen molar-refractivity contribution in [1.29, 1.82) is 0 Å². The van der Waals surface area contributed by atoms with Crippen LogP contribution >= 0.6 is 7.05 Å². The molecule has 1 amide bonds. The lowest BCUT2D eigenvalue weighted by molar-refractivity contribution is -0.118. The first kappa shape index (κ1) is 19.9. The van der Waals surface area contributed by atoms with Gasteiger partial charge in [0.1, 0.15) is 0 Å². The van der Waals surface area contributed by atoms with Crippen molar-refractivity contribution in [2.75, 3.05) is 18.5 Å². The van der Waals surface area contributed by atoms with Crippen molar-refractivity contribution >= 4 is 13.0 Å². The molecule has 0 rings (SSSR count). The molecule has 3 heteroatoms. The van der Waals surface area contributed by atoms with E-state index in [4.69, 9.17) is 4.74 Å². The number of hydrogen-bond donors (Lipinski definition) is 0. The third-order valence-electron chi connectivity index (χ3n) is 3.69. The quantitative estimate of drug-likeness (QED) is 0.420. The molecule has 120 valence electrons. The number of amides is 1. The monoisotopic (exact) mass is 301 g/mol. The van der Waals surface area contributed by atoms with Crippen LogP contribution in [0.1, 0.15) is 79.6 Å². The van der Waals surface area contributed by atoms with E-state index in [0.717, 1.165) is 0 Å². The van der Waals surface area contributed by atoms with E-state index in [1.165, 1.54) is 57.0 Å². The van der Waals surface area contributed by atoms with Gasteiger partial charge in [0, 0.05) is 6.42 Å². The maximum absolute atomic E-state index is 12.2. The first-order valence-electron chi connectivity index (χ1n) is 8.61. The van der Waals surface area contributed by atoms with Gasteiger partial charge in [-0.15, -0.1) is 0 Å². The molecule has 0 bridgehead atoms. The first-order chi connectivity index (χ1) is 9.49. The zero-order valence-electron chi connectivity index (χ0n) is 14.5. The lowest BCUT2D eigenvalue weighted by Crippen LogP contribution is -2.06. The SMILES string of the molecule is CCCCP(CCCC)(CCCC)=NC(=O)CC(C)C. The fourth-order valence-corrected chi connectivity index (χ4v) is 6.71. The highest BCUT2D eigenvalue weighted by atomic mass is 31.2. The Balaban J connectivity index is 5.09. The van der Waals surface area contributed by atoms with E-state index >= 15 is 0 Å². The number of rotatable bonds is 11. The van der Waals surface area contributed by atoms with Crippen LogP contribution in [0.4, 0.5) is 0 Å². The van der Waals surface area contributed by atoms with Gasteiger partial charge in [0.15, 0.2) is 0 Å². The molecule has 2 nitrogen and oxygen atoms in total. The predicted octanol–water partition coefficient (Wildman–Crippen LogP) is 6.16. The second-order valence-corrected chi connectivity index (χ2v) is 10.2. The number of carbonyl (C=O) groups is 1. The Labute approximate surface area is 127 Å². The van der Waals surface area contributed by atoms with Crippen LogP contribution in [0.5, 0.6) is 0 Å². The standard InChI is InChI=1S/C17H36NOP/c1-6-9-12-20(13-10-7-2,14-11-8-3)18-17(19)15-16(4)5/h16H,6-15H2,1-5H3. The molecule has 0 radical (unpaired) electrons. The Kier molecular flexibility index (Phi) is 11.5. The van der Waals surface area contributed by atoms with Crippen LogP contribution in [0.3, 0.4) is 0 Å². The van der Waals surface area contributed by atoms with Crippen LogP contribution in [0.25, 0.3) is 0 Å². The minimum absolute atomic E-state index is 0.177. The first-order valence-corrected chi connectivity index (χ1v) is 10.9. The van der Waals surface area contributed by atoms with Gasteiger partial charge in [-0.25, -0.2) is 4.74 Å². The second kappa shape index (κ2) is 11.5. The van der Waals surface area contributed by atoms with Crippen LogP contribution in [0, 0.1) is 5.92 Å². The average Bonchev–Trinajstić information content (AvgIpc) is 2.39. The molecule has 0 aliphatic heterocycles. The van der Waals surface area contributed by atoms with Gasteiger partial charge >= 0.3 is 0 Å². The number of carbonyl (C=O) groups excluding carboxylic acids is 1. The zero-order chi connectivity index (χ0) is 15.4. The summed E-state index contributed by atoms with van der Waals surface area (Å²) in [6, 6.07) is 0. The van der Waals surface area contributed by atoms with E-state index in [2.05, 4.69) is 34.6 Å². The molecule has 0 aliphatic carbocycles. The molecular formula is C17H36NOP. The van der Waals surface area contributed by atoms with Gasteiger partial charge in [-0.05, 0) is 50.7 Å². The smallest absolute Gasteiger partial charge is 0.244 e. The summed E-state index contributed by atoms with van der Waals surface area (Å²) < 4.78 is 4.83. The Morgan fingerprint density at radius 3 is 1.60 bits per heavy atom. The molecule has 0 fully saturated rings. The Bertz CT molecular complexity index is 282. The Hall–Kier alpha value is -0.100. The van der Waals surface area contributed by atoms with Crippen molar-refractivity contribution in [2.45, 2.75) is 79.6 Å². The molecule has 0 saturated heterocycles. The average molecular weight is 301 g/mol. The van der Waals surface area contributed by atoms with Gasteiger partial charge in [0.2, 0.25) is 5.91 Å². The van der Waals surface area contributed by atoms with Gasteiger partial charge in [-0.3, -0.25) is 4.79 Å². The van der Waals surface area contributed by atoms with E-state index in [0.29, 0.717) is 12.3 Å². The fourth-order valence-electron chi connectivity index (χ4n) is 2.47. The van der Waals surface area contributed by atoms with E-state index in [1.54, 1.807) is 0 Å². The van der Waals surface area contributed by atoms with Crippen LogP contribution < -0.4 is 0 Å². The van der Waals surface area contributed by atoms with Crippen molar-refractivity contribution < 1.29 is 4.79 Å². The second-order valence-electron chi connectivity index (χ2n) is 6.42. The Morgan fingerprint density at radius 1 is 0.900 bits per heavy atom. The Morgan fingerprint density at radius 2 is 1.30 bits per heavy atom. The predicted molar refractivity (Wildman–Crippen MR) is 93.1 cm³/mol. The van der Waals surface area contributed by atoms with Crippen LogP contribution in [0.2, 0.25) is 0 Å². The van der Waals surface area contributed by atoms with Gasteiger partial charge in [0.25, 0.3) is 0 Å². The van der Waals surface area contributed by atoms with E-state index in [-0.39, 0.29) is 5.91 Å². The van der Waals surface area contributed by atoms with Crippen molar-refractivity contribution in [2.24, 2.45) is 10.7 Å². The van der Waals surface area contributed by atoms with Crippen molar-refractivity contribution in [3.63, 3.8) is 0 Å². The van der Waals surface area contributed by atoms with Crippen LogP contribution in [-0.4, -0.2) is 24.4 Å². The topological polar surface area (TPSA) is 29.4 Å². The summed E-state index contributed by atoms with van der Waals surface area (Å²) in [5.41, 5.74) is 0. The largest absolute Gasteiger partial charge is 0.273 e. The van der Waals surface area contributed by atoms with Gasteiger partial charge in [0.05, 0.1) is 0 Å². The van der Waals surface area contributed by atoms with Crippen LogP contribution in [-0.2, 0) is 4.79 Å². The van der Waals surface area contributed by atoms with Gasteiger partial charge in [-0.2, -0.15) is 0 Å². The van der Waals surface area contributed by atoms with Crippen molar-refractivity contribution in [3.8, 4) is 0 Å². The third-order valence-corrected chi connectivity index (χ3v) is 7.78. The molecule has 0 aromatic rings. The lowest BCUT2D eigenvalue weighted by atomic mass is 10.1. The number of hydrogen-bond acceptors (Lipinski definition) is 1. The molecule has 0 aromatic carbocycles. The summed E-state index contributed by atoms with van der Waals surface area (Å²) in [6.45, 7) is 10.9. The molecule has 0 spiro atoms. The van der Waals surface area contributed by atoms with Crippen molar-refractivity contribution in [1.82, 2.24) is 0 Å². The zero-order valence-corrected chi connectivity index (χ0v) is 15.3. The maximum Gasteiger partial charge on any atom is 0.244 e. The number of nitrogens with zero attached hydrogens (tertiary/aromatic N) is 1. The van der Waals surface area contributed by atoms with E-state index in [1.807, 2.05) is 0 Å². The van der Waals surface area contributed by atoms with E-state index in [9.17, 15) is 4.79 Å². The summed E-state index contributed by atoms with van der Waals surface area (Å²) in [5.74, 6) is 0.605. The summed E-state index contributed by atoms with van der Waals surface area (Å²) in [5, 5.41) is 0. The molecular weight excluding hydrogens is 265 g/mol. The summed E-state index contributed by atoms with van der Waals surface area (Å²) in [6.07, 6.45) is 11.6. The van der Waals surface area contributed by atoms with Gasteiger partial charge < -0.3 is 0 Å². The molecule has 0 aliphatic rings. The molecule has 0 N–H and O–H groups in total. The molecule has 0 unspecified atom stereocenters. The van der Waals surface area contributed by atoms with Gasteiger partial charge in [-0.1, -0.05) is 53.9 Å². The molecule has 0 heterocycles. The van der Waals surface area contributed by atoms with Crippen molar-refractivity contribution in [3.05, 3.63) is 0 Å². The third kappa shape index (κ3) is 8.95. The lowest BCUT2D eigenvalue weighted by Gasteiger charge is -2.24. The normalized spacial score (nSPS) is 11.9. The van der Waals surface area contributed by atoms with E-state index < -0.39 is 7.05 Å². The highest BCUT2D eigenvalue weighted by Crippen LogP contribution is 2.52. The maximum atomic E-state index is 12.2. The minimum Gasteiger partial charge on any atom is -0.273 e. The molecule has 0 aromatic heterocycles. The molecule has 0 atom stereocenters. The molecule has 0 saturated carbocycles. The summed E-state index contributed by atoms with van der Waals surface area (Å²) in [7, 11) is -1.38. The highest BCUT2D eigenvalue weighted by Gasteiger charge is 2.20. The highest BCUT2D eigenvalue weighted by molar-refractivity contribution is 7.66. The minimum atomic E-state index is -1.38. The summed E-state index contributed by atoms with van der Waals surface area (Å²) >= 11 is 0. The summed E-state index contributed by atoms with van der Waals surface area (Å²) in [4.78, 5) is 12.2. The van der Waals surface area contributed by atoms with Crippen LogP contribution in [0.15, 0.2) is 4.74 Å². The molecule has 20 heavy (non-hydrogen) atoms. The fraction of sp³-hybridized carbons (Fsp3) is 0.941.